The number of phenols is 1. The number of nitrogens with one attached hydrogen (secondary N) is 2. The average molecular weight is 520 g/mol. The molecule has 1 unspecified atom stereocenters. The van der Waals surface area contributed by atoms with Crippen LogP contribution in [0, 0.1) is 0 Å². The van der Waals surface area contributed by atoms with Crippen LogP contribution in [0.3, 0.4) is 0 Å². The minimum atomic E-state index is -3.96. The fourth-order valence-corrected chi connectivity index (χ4v) is 6.87. The number of aromatic hydroxyl groups is 1. The van der Waals surface area contributed by atoms with E-state index in [0.717, 1.165) is 31.2 Å². The Morgan fingerprint density at radius 3 is 2.22 bits per heavy atom. The number of hydrogen-bond donors (Lipinski definition) is 3. The fraction of sp³-hybridized carbons (Fsp3) is 0.345. The third-order valence-corrected chi connectivity index (χ3v) is 8.94. The van der Waals surface area contributed by atoms with E-state index in [0.29, 0.717) is 36.7 Å². The van der Waals surface area contributed by atoms with E-state index in [-0.39, 0.29) is 10.9 Å². The largest absolute Gasteiger partial charge is 0.508 e. The van der Waals surface area contributed by atoms with Crippen molar-refractivity contribution in [2.75, 3.05) is 6.54 Å². The minimum absolute atomic E-state index is 0.0526. The number of nitrogens with zero attached hydrogens (tertiary/aromatic N) is 1. The van der Waals surface area contributed by atoms with Crippen LogP contribution in [-0.4, -0.2) is 49.1 Å². The number of urea groups is 1. The Labute approximate surface area is 218 Å². The van der Waals surface area contributed by atoms with Crippen molar-refractivity contribution in [3.8, 4) is 5.75 Å². The maximum absolute atomic E-state index is 12.9. The van der Waals surface area contributed by atoms with Gasteiger partial charge in [-0.3, -0.25) is 4.90 Å². The summed E-state index contributed by atoms with van der Waals surface area (Å²) in [5.41, 5.74) is 2.27. The van der Waals surface area contributed by atoms with Gasteiger partial charge in [0, 0.05) is 24.7 Å². The highest BCUT2D eigenvalue weighted by atomic mass is 32.2. The van der Waals surface area contributed by atoms with Gasteiger partial charge in [0.15, 0.2) is 0 Å². The second kappa shape index (κ2) is 10.9. The molecule has 2 aliphatic heterocycles. The van der Waals surface area contributed by atoms with Crippen LogP contribution in [0.5, 0.6) is 5.75 Å². The first-order valence-electron chi connectivity index (χ1n) is 12.8. The number of benzene rings is 3. The Hall–Kier alpha value is -3.36. The van der Waals surface area contributed by atoms with Crippen LogP contribution in [0.25, 0.3) is 0 Å². The second-order valence-corrected chi connectivity index (χ2v) is 11.8. The molecular formula is C29H33N3O4S. The van der Waals surface area contributed by atoms with Crippen LogP contribution in [-0.2, 0) is 16.4 Å². The summed E-state index contributed by atoms with van der Waals surface area (Å²) >= 11 is 0. The van der Waals surface area contributed by atoms with Gasteiger partial charge in [-0.2, -0.15) is 0 Å². The van der Waals surface area contributed by atoms with E-state index in [9.17, 15) is 18.3 Å². The van der Waals surface area contributed by atoms with E-state index in [1.165, 1.54) is 17.7 Å². The van der Waals surface area contributed by atoms with E-state index >= 15 is 0 Å². The van der Waals surface area contributed by atoms with Crippen molar-refractivity contribution in [2.24, 2.45) is 0 Å². The summed E-state index contributed by atoms with van der Waals surface area (Å²) < 4.78 is 27.5. The molecule has 194 valence electrons. The zero-order valence-corrected chi connectivity index (χ0v) is 21.5. The number of piperidine rings is 1. The number of carbonyl (C=O) groups excluding carboxylic acids is 1. The smallest absolute Gasteiger partial charge is 0.328 e. The number of rotatable bonds is 8. The molecule has 2 amide bonds. The maximum Gasteiger partial charge on any atom is 0.328 e. The molecule has 2 aliphatic rings. The highest BCUT2D eigenvalue weighted by Gasteiger charge is 2.42. The zero-order valence-electron chi connectivity index (χ0n) is 20.7. The Morgan fingerprint density at radius 2 is 1.57 bits per heavy atom. The monoisotopic (exact) mass is 519 g/mol. The van der Waals surface area contributed by atoms with Gasteiger partial charge >= 0.3 is 6.03 Å². The first-order valence-corrected chi connectivity index (χ1v) is 14.3. The lowest BCUT2D eigenvalue weighted by atomic mass is 9.84. The minimum Gasteiger partial charge on any atom is -0.508 e. The van der Waals surface area contributed by atoms with Crippen LogP contribution in [0.4, 0.5) is 4.79 Å². The molecule has 2 fully saturated rings. The summed E-state index contributed by atoms with van der Waals surface area (Å²) in [7, 11) is -3.96. The predicted molar refractivity (Wildman–Crippen MR) is 143 cm³/mol. The van der Waals surface area contributed by atoms with Crippen molar-refractivity contribution in [1.29, 1.82) is 0 Å². The molecule has 37 heavy (non-hydrogen) atoms. The van der Waals surface area contributed by atoms with Crippen LogP contribution >= 0.6 is 0 Å². The van der Waals surface area contributed by atoms with Gasteiger partial charge < -0.3 is 10.4 Å². The Balaban J connectivity index is 1.29. The molecule has 2 saturated heterocycles. The van der Waals surface area contributed by atoms with Crippen LogP contribution in [0.15, 0.2) is 89.8 Å². The molecule has 0 saturated carbocycles. The lowest BCUT2D eigenvalue weighted by Crippen LogP contribution is -2.53. The SMILES string of the molecule is O=C(NC(Cc1ccccc1)CN1[C@@H]2CC[C@@H]1CC(c1cccc(O)c1)C2)NS(=O)(=O)c1ccccc1. The molecule has 0 radical (unpaired) electrons. The summed E-state index contributed by atoms with van der Waals surface area (Å²) in [6, 6.07) is 25.2. The number of sulfonamides is 1. The summed E-state index contributed by atoms with van der Waals surface area (Å²) in [6.45, 7) is 0.649. The standard InChI is InChI=1S/C29H33N3O4S/c33-27-11-7-10-22(19-27)23-17-25-14-15-26(18-23)32(25)20-24(16-21-8-3-1-4-9-21)30-29(34)31-37(35,36)28-12-5-2-6-13-28/h1-13,19,23-26,33H,14-18,20H2,(H2,30,31,34)/t24?,25-,26-/m1/s1. The molecule has 2 heterocycles. The number of fused-ring (bicyclic) bond motifs is 2. The molecule has 5 rings (SSSR count). The number of carbonyl (C=O) groups is 1. The molecular weight excluding hydrogens is 486 g/mol. The maximum atomic E-state index is 12.9. The molecule has 3 aromatic rings. The van der Waals surface area contributed by atoms with Crippen LogP contribution in [0.2, 0.25) is 0 Å². The third-order valence-electron chi connectivity index (χ3n) is 7.60. The van der Waals surface area contributed by atoms with Crippen molar-refractivity contribution >= 4 is 16.1 Å². The van der Waals surface area contributed by atoms with Gasteiger partial charge in [-0.25, -0.2) is 17.9 Å². The highest BCUT2D eigenvalue weighted by molar-refractivity contribution is 7.90. The molecule has 7 nitrogen and oxygen atoms in total. The van der Waals surface area contributed by atoms with Crippen LogP contribution in [0.1, 0.15) is 42.7 Å². The second-order valence-electron chi connectivity index (χ2n) is 10.1. The molecule has 0 aliphatic carbocycles. The molecule has 8 heteroatoms. The van der Waals surface area contributed by atoms with Crippen LogP contribution < -0.4 is 10.0 Å². The quantitative estimate of drug-likeness (QED) is 0.410. The molecule has 3 atom stereocenters. The Kier molecular flexibility index (Phi) is 7.48. The predicted octanol–water partition coefficient (Wildman–Crippen LogP) is 4.40. The molecule has 3 N–H and O–H groups in total. The van der Waals surface area contributed by atoms with Gasteiger partial charge in [0.1, 0.15) is 5.75 Å². The van der Waals surface area contributed by atoms with E-state index in [1.807, 2.05) is 42.5 Å². The van der Waals surface area contributed by atoms with Crippen molar-refractivity contribution in [2.45, 2.75) is 61.0 Å². The molecule has 2 bridgehead atoms. The summed E-state index contributed by atoms with van der Waals surface area (Å²) in [5.74, 6) is 0.705. The first kappa shape index (κ1) is 25.3. The van der Waals surface area contributed by atoms with Gasteiger partial charge in [-0.1, -0.05) is 60.7 Å². The average Bonchev–Trinajstić information content (AvgIpc) is 3.10. The summed E-state index contributed by atoms with van der Waals surface area (Å²) in [6.07, 6.45) is 4.82. The molecule has 0 aromatic heterocycles. The van der Waals surface area contributed by atoms with E-state index < -0.39 is 16.1 Å². The van der Waals surface area contributed by atoms with Crippen molar-refractivity contribution < 1.29 is 18.3 Å². The van der Waals surface area contributed by atoms with E-state index in [1.54, 1.807) is 24.3 Å². The Bertz CT molecular complexity index is 1300. The van der Waals surface area contributed by atoms with E-state index in [2.05, 4.69) is 21.0 Å². The lowest BCUT2D eigenvalue weighted by molar-refractivity contribution is 0.114. The molecule has 0 spiro atoms. The van der Waals surface area contributed by atoms with E-state index in [4.69, 9.17) is 0 Å². The topological polar surface area (TPSA) is 98.7 Å². The van der Waals surface area contributed by atoms with Gasteiger partial charge in [-0.15, -0.1) is 0 Å². The normalized spacial score (nSPS) is 22.3. The third kappa shape index (κ3) is 6.14. The lowest BCUT2D eigenvalue weighted by Gasteiger charge is -2.41. The summed E-state index contributed by atoms with van der Waals surface area (Å²) in [4.78, 5) is 15.4. The first-order chi connectivity index (χ1) is 17.9. The van der Waals surface area contributed by atoms with Crippen molar-refractivity contribution in [1.82, 2.24) is 14.9 Å². The summed E-state index contributed by atoms with van der Waals surface area (Å²) in [5, 5.41) is 12.9. The fourth-order valence-electron chi connectivity index (χ4n) is 5.93. The highest BCUT2D eigenvalue weighted by Crippen LogP contribution is 2.43. The van der Waals surface area contributed by atoms with Gasteiger partial charge in [0.05, 0.1) is 4.90 Å². The number of amides is 2. The van der Waals surface area contributed by atoms with Gasteiger partial charge in [0.2, 0.25) is 0 Å². The zero-order chi connectivity index (χ0) is 25.8. The number of hydrogen-bond acceptors (Lipinski definition) is 5. The Morgan fingerprint density at radius 1 is 0.919 bits per heavy atom. The van der Waals surface area contributed by atoms with Crippen molar-refractivity contribution in [3.63, 3.8) is 0 Å². The van der Waals surface area contributed by atoms with Crippen molar-refractivity contribution in [3.05, 3.63) is 96.1 Å². The number of phenolic OH excluding ortho intramolecular Hbond substituents is 1. The van der Waals surface area contributed by atoms with Gasteiger partial charge in [-0.05, 0) is 73.4 Å². The van der Waals surface area contributed by atoms with Gasteiger partial charge in [0.25, 0.3) is 10.0 Å². The molecule has 3 aromatic carbocycles.